The number of methoxy groups -OCH3 is 1. The highest BCUT2D eigenvalue weighted by molar-refractivity contribution is 7.19. The first-order valence-electron chi connectivity index (χ1n) is 7.73. The van der Waals surface area contributed by atoms with Gasteiger partial charge in [-0.25, -0.2) is 0 Å². The molecule has 0 aromatic carbocycles. The number of carbonyl (C=O) groups is 1. The van der Waals surface area contributed by atoms with Gasteiger partial charge in [-0.05, 0) is 24.7 Å². The number of nitrogens with zero attached hydrogens (tertiary/aromatic N) is 1. The van der Waals surface area contributed by atoms with Crippen molar-refractivity contribution in [3.05, 3.63) is 4.88 Å². The number of nitrogen functional groups attached to an aromatic ring is 1. The van der Waals surface area contributed by atoms with E-state index in [2.05, 4.69) is 18.7 Å². The van der Waals surface area contributed by atoms with Crippen LogP contribution < -0.4 is 15.4 Å². The molecule has 2 rings (SSSR count). The van der Waals surface area contributed by atoms with E-state index in [0.29, 0.717) is 22.7 Å². The molecule has 1 saturated heterocycles. The highest BCUT2D eigenvalue weighted by atomic mass is 32.1. The van der Waals surface area contributed by atoms with Crippen LogP contribution in [0, 0.1) is 11.8 Å². The lowest BCUT2D eigenvalue weighted by Gasteiger charge is -2.34. The third kappa shape index (κ3) is 3.18. The lowest BCUT2D eigenvalue weighted by atomic mass is 9.87. The number of ketones is 1. The Morgan fingerprint density at radius 3 is 2.52 bits per heavy atom. The van der Waals surface area contributed by atoms with E-state index >= 15 is 0 Å². The average molecular weight is 310 g/mol. The minimum atomic E-state index is 0.0964. The maximum Gasteiger partial charge on any atom is 0.177 e. The average Bonchev–Trinajstić information content (AvgIpc) is 2.83. The lowest BCUT2D eigenvalue weighted by molar-refractivity contribution is 0.0992. The van der Waals surface area contributed by atoms with Gasteiger partial charge in [0.05, 0.1) is 17.7 Å². The number of nitrogens with two attached hydrogens (primary N) is 1. The van der Waals surface area contributed by atoms with Gasteiger partial charge in [0.1, 0.15) is 5.00 Å². The summed E-state index contributed by atoms with van der Waals surface area (Å²) in [4.78, 5) is 15.0. The van der Waals surface area contributed by atoms with Crippen LogP contribution in [0.3, 0.4) is 0 Å². The quantitative estimate of drug-likeness (QED) is 0.840. The Morgan fingerprint density at radius 1 is 1.43 bits per heavy atom. The zero-order valence-electron chi connectivity index (χ0n) is 13.4. The minimum absolute atomic E-state index is 0.0964. The van der Waals surface area contributed by atoms with Crippen molar-refractivity contribution in [1.82, 2.24) is 0 Å². The van der Waals surface area contributed by atoms with Crippen LogP contribution in [0.5, 0.6) is 5.75 Å². The summed E-state index contributed by atoms with van der Waals surface area (Å²) in [6, 6.07) is 0. The number of hydrogen-bond acceptors (Lipinski definition) is 5. The van der Waals surface area contributed by atoms with E-state index in [1.807, 2.05) is 6.92 Å². The number of carbonyl (C=O) groups excluding carboxylic acids is 1. The lowest BCUT2D eigenvalue weighted by Crippen LogP contribution is -2.34. The van der Waals surface area contributed by atoms with Gasteiger partial charge in [-0.1, -0.05) is 20.8 Å². The molecule has 21 heavy (non-hydrogen) atoms. The van der Waals surface area contributed by atoms with Gasteiger partial charge in [-0.2, -0.15) is 0 Å². The molecule has 0 atom stereocenters. The summed E-state index contributed by atoms with van der Waals surface area (Å²) in [6.07, 6.45) is 2.86. The second-order valence-electron chi connectivity index (χ2n) is 6.03. The minimum Gasteiger partial charge on any atom is -0.492 e. The molecule has 1 aliphatic rings. The molecule has 2 heterocycles. The summed E-state index contributed by atoms with van der Waals surface area (Å²) in [5.41, 5.74) is 6.62. The molecule has 1 aromatic heterocycles. The van der Waals surface area contributed by atoms with Crippen molar-refractivity contribution in [3.63, 3.8) is 0 Å². The van der Waals surface area contributed by atoms with Gasteiger partial charge in [-0.3, -0.25) is 4.79 Å². The Hall–Kier alpha value is -1.23. The largest absolute Gasteiger partial charge is 0.492 e. The molecule has 0 amide bonds. The second-order valence-corrected chi connectivity index (χ2v) is 7.03. The van der Waals surface area contributed by atoms with Crippen LogP contribution in [0.2, 0.25) is 0 Å². The number of ether oxygens (including phenoxy) is 1. The van der Waals surface area contributed by atoms with Crippen molar-refractivity contribution in [2.75, 3.05) is 30.8 Å². The van der Waals surface area contributed by atoms with E-state index in [9.17, 15) is 4.79 Å². The van der Waals surface area contributed by atoms with E-state index in [1.165, 1.54) is 24.2 Å². The number of Topliss-reactive ketones (excluding diaryl/α,β-unsaturated/α-hetero) is 1. The Morgan fingerprint density at radius 2 is 2.05 bits per heavy atom. The fourth-order valence-corrected chi connectivity index (χ4v) is 4.21. The van der Waals surface area contributed by atoms with Gasteiger partial charge in [0.2, 0.25) is 0 Å². The first-order chi connectivity index (χ1) is 9.99. The fourth-order valence-electron chi connectivity index (χ4n) is 2.96. The number of rotatable bonds is 5. The van der Waals surface area contributed by atoms with Crippen molar-refractivity contribution in [3.8, 4) is 5.75 Å². The summed E-state index contributed by atoms with van der Waals surface area (Å²) in [7, 11) is 1.63. The molecule has 2 N–H and O–H groups in total. The topological polar surface area (TPSA) is 55.6 Å². The molecular formula is C16H26N2O2S. The predicted molar refractivity (Wildman–Crippen MR) is 89.7 cm³/mol. The van der Waals surface area contributed by atoms with E-state index in [0.717, 1.165) is 29.9 Å². The molecule has 4 nitrogen and oxygen atoms in total. The van der Waals surface area contributed by atoms with Crippen molar-refractivity contribution in [2.24, 2.45) is 11.8 Å². The number of piperidine rings is 1. The van der Waals surface area contributed by atoms with Gasteiger partial charge >= 0.3 is 0 Å². The normalized spacial score (nSPS) is 16.5. The van der Waals surface area contributed by atoms with Gasteiger partial charge in [0, 0.05) is 19.5 Å². The predicted octanol–water partition coefficient (Wildman–Crippen LogP) is 3.80. The monoisotopic (exact) mass is 310 g/mol. The van der Waals surface area contributed by atoms with Gasteiger partial charge < -0.3 is 15.4 Å². The zero-order chi connectivity index (χ0) is 15.6. The van der Waals surface area contributed by atoms with Crippen molar-refractivity contribution < 1.29 is 9.53 Å². The molecule has 0 saturated carbocycles. The third-order valence-electron chi connectivity index (χ3n) is 4.43. The van der Waals surface area contributed by atoms with Crippen LogP contribution in [0.15, 0.2) is 0 Å². The van der Waals surface area contributed by atoms with Crippen LogP contribution >= 0.6 is 11.3 Å². The van der Waals surface area contributed by atoms with Gasteiger partial charge in [0.25, 0.3) is 0 Å². The highest BCUT2D eigenvalue weighted by Crippen LogP contribution is 2.46. The molecule has 0 aliphatic carbocycles. The van der Waals surface area contributed by atoms with Crippen molar-refractivity contribution in [1.29, 1.82) is 0 Å². The van der Waals surface area contributed by atoms with E-state index < -0.39 is 0 Å². The zero-order valence-corrected chi connectivity index (χ0v) is 14.3. The first-order valence-corrected chi connectivity index (χ1v) is 8.55. The molecule has 1 aliphatic heterocycles. The third-order valence-corrected chi connectivity index (χ3v) is 5.72. The Balaban J connectivity index is 2.22. The summed E-state index contributed by atoms with van der Waals surface area (Å²) >= 11 is 1.49. The number of hydrogen-bond donors (Lipinski definition) is 1. The highest BCUT2D eigenvalue weighted by Gasteiger charge is 2.28. The van der Waals surface area contributed by atoms with Crippen LogP contribution in [-0.4, -0.2) is 26.0 Å². The summed E-state index contributed by atoms with van der Waals surface area (Å²) in [5, 5.41) is 1.02. The Bertz CT molecular complexity index is 503. The Kier molecular flexibility index (Phi) is 5.14. The molecule has 1 aromatic rings. The van der Waals surface area contributed by atoms with Gasteiger partial charge in [-0.15, -0.1) is 11.3 Å². The first kappa shape index (κ1) is 16.1. The molecule has 0 bridgehead atoms. The Labute approximate surface area is 131 Å². The van der Waals surface area contributed by atoms with E-state index in [4.69, 9.17) is 10.5 Å². The van der Waals surface area contributed by atoms with Crippen LogP contribution in [0.25, 0.3) is 0 Å². The van der Waals surface area contributed by atoms with Crippen LogP contribution in [-0.2, 0) is 0 Å². The summed E-state index contributed by atoms with van der Waals surface area (Å²) in [5.74, 6) is 2.31. The van der Waals surface area contributed by atoms with E-state index in [-0.39, 0.29) is 5.78 Å². The fraction of sp³-hybridized carbons (Fsp3) is 0.688. The molecule has 118 valence electrons. The smallest absolute Gasteiger partial charge is 0.177 e. The second kappa shape index (κ2) is 6.69. The summed E-state index contributed by atoms with van der Waals surface area (Å²) in [6.45, 7) is 8.48. The summed E-state index contributed by atoms with van der Waals surface area (Å²) < 4.78 is 5.47. The van der Waals surface area contributed by atoms with Crippen molar-refractivity contribution in [2.45, 2.75) is 40.0 Å². The molecular weight excluding hydrogens is 284 g/mol. The maximum atomic E-state index is 12.0. The molecule has 5 heteroatoms. The van der Waals surface area contributed by atoms with Crippen molar-refractivity contribution >= 4 is 27.8 Å². The van der Waals surface area contributed by atoms with Crippen LogP contribution in [0.1, 0.15) is 49.7 Å². The molecule has 0 radical (unpaired) electrons. The number of anilines is 2. The standard InChI is InChI=1S/C16H26N2O2S/c1-5-12(19)15-13(17)14(20-4)16(21-15)18-8-6-11(7-9-18)10(2)3/h10-11H,5-9,17H2,1-4H3. The van der Waals surface area contributed by atoms with Crippen LogP contribution in [0.4, 0.5) is 10.7 Å². The van der Waals surface area contributed by atoms with E-state index in [1.54, 1.807) is 7.11 Å². The SMILES string of the molecule is CCC(=O)c1sc(N2CCC(C(C)C)CC2)c(OC)c1N. The molecule has 1 fully saturated rings. The molecule has 0 unspecified atom stereocenters. The maximum absolute atomic E-state index is 12.0. The number of thiophene rings is 1. The van der Waals surface area contributed by atoms with Gasteiger partial charge in [0.15, 0.2) is 11.5 Å². The molecule has 0 spiro atoms.